The first-order valence-corrected chi connectivity index (χ1v) is 7.57. The number of hydrogen-bond acceptors (Lipinski definition) is 1. The van der Waals surface area contributed by atoms with Crippen LogP contribution in [0, 0.1) is 12.7 Å². The molecule has 0 aliphatic carbocycles. The molecular weight excluding hydrogens is 396 g/mol. The lowest BCUT2D eigenvalue weighted by Gasteiger charge is -2.12. The maximum atomic E-state index is 13.5. The van der Waals surface area contributed by atoms with Gasteiger partial charge in [-0.25, -0.2) is 4.39 Å². The standard InChI is InChI=1S/C14H11Br2ClFN/c1-8-4-12(16)13(18)6-14(8)19-7-9-2-3-10(17)5-11(9)15/h2-6,19H,7H2,1H3. The highest BCUT2D eigenvalue weighted by Crippen LogP contribution is 2.26. The third kappa shape index (κ3) is 3.71. The molecule has 5 heteroatoms. The molecule has 0 spiro atoms. The van der Waals surface area contributed by atoms with E-state index in [1.807, 2.05) is 25.1 Å². The van der Waals surface area contributed by atoms with Crippen LogP contribution in [0.3, 0.4) is 0 Å². The monoisotopic (exact) mass is 405 g/mol. The van der Waals surface area contributed by atoms with Gasteiger partial charge in [0.2, 0.25) is 0 Å². The number of anilines is 1. The maximum absolute atomic E-state index is 13.5. The first-order valence-electron chi connectivity index (χ1n) is 5.61. The molecule has 0 aliphatic heterocycles. The Morgan fingerprint density at radius 3 is 2.58 bits per heavy atom. The Labute approximate surface area is 133 Å². The molecule has 0 fully saturated rings. The van der Waals surface area contributed by atoms with Gasteiger partial charge < -0.3 is 5.32 Å². The molecule has 2 aromatic carbocycles. The Kier molecular flexibility index (Phi) is 4.87. The fraction of sp³-hybridized carbons (Fsp3) is 0.143. The van der Waals surface area contributed by atoms with E-state index in [0.717, 1.165) is 21.3 Å². The Morgan fingerprint density at radius 2 is 1.89 bits per heavy atom. The first-order chi connectivity index (χ1) is 8.97. The molecule has 0 radical (unpaired) electrons. The summed E-state index contributed by atoms with van der Waals surface area (Å²) < 4.78 is 14.9. The van der Waals surface area contributed by atoms with Crippen molar-refractivity contribution in [2.24, 2.45) is 0 Å². The van der Waals surface area contributed by atoms with Crippen molar-refractivity contribution >= 4 is 49.1 Å². The van der Waals surface area contributed by atoms with Crippen LogP contribution >= 0.6 is 43.5 Å². The summed E-state index contributed by atoms with van der Waals surface area (Å²) in [6.07, 6.45) is 0. The van der Waals surface area contributed by atoms with E-state index in [9.17, 15) is 4.39 Å². The van der Waals surface area contributed by atoms with Gasteiger partial charge in [0.25, 0.3) is 0 Å². The third-order valence-electron chi connectivity index (χ3n) is 2.75. The molecule has 1 N–H and O–H groups in total. The van der Waals surface area contributed by atoms with Crippen LogP contribution < -0.4 is 5.32 Å². The van der Waals surface area contributed by atoms with Gasteiger partial charge in [0.05, 0.1) is 4.47 Å². The van der Waals surface area contributed by atoms with E-state index in [4.69, 9.17) is 11.6 Å². The summed E-state index contributed by atoms with van der Waals surface area (Å²) >= 11 is 12.5. The van der Waals surface area contributed by atoms with E-state index in [0.29, 0.717) is 16.0 Å². The molecule has 0 amide bonds. The van der Waals surface area contributed by atoms with Gasteiger partial charge in [0, 0.05) is 21.7 Å². The number of rotatable bonds is 3. The van der Waals surface area contributed by atoms with E-state index < -0.39 is 0 Å². The van der Waals surface area contributed by atoms with E-state index in [1.54, 1.807) is 6.07 Å². The zero-order chi connectivity index (χ0) is 14.0. The minimum absolute atomic E-state index is 0.275. The van der Waals surface area contributed by atoms with Crippen molar-refractivity contribution in [3.63, 3.8) is 0 Å². The van der Waals surface area contributed by atoms with Crippen molar-refractivity contribution < 1.29 is 4.39 Å². The van der Waals surface area contributed by atoms with Crippen molar-refractivity contribution in [3.05, 3.63) is 61.2 Å². The van der Waals surface area contributed by atoms with Crippen molar-refractivity contribution in [2.45, 2.75) is 13.5 Å². The number of halogens is 4. The van der Waals surface area contributed by atoms with Gasteiger partial charge in [-0.3, -0.25) is 0 Å². The maximum Gasteiger partial charge on any atom is 0.139 e. The lowest BCUT2D eigenvalue weighted by molar-refractivity contribution is 0.621. The molecule has 19 heavy (non-hydrogen) atoms. The van der Waals surface area contributed by atoms with Crippen molar-refractivity contribution in [1.29, 1.82) is 0 Å². The van der Waals surface area contributed by atoms with Crippen LogP contribution in [-0.4, -0.2) is 0 Å². The zero-order valence-electron chi connectivity index (χ0n) is 10.1. The Balaban J connectivity index is 2.16. The molecule has 0 heterocycles. The van der Waals surface area contributed by atoms with Gasteiger partial charge in [-0.2, -0.15) is 0 Å². The lowest BCUT2D eigenvalue weighted by atomic mass is 10.1. The average Bonchev–Trinajstić information content (AvgIpc) is 2.34. The number of hydrogen-bond donors (Lipinski definition) is 1. The highest BCUT2D eigenvalue weighted by atomic mass is 79.9. The van der Waals surface area contributed by atoms with E-state index in [1.165, 1.54) is 6.07 Å². The molecule has 0 aliphatic rings. The predicted molar refractivity (Wildman–Crippen MR) is 85.3 cm³/mol. The summed E-state index contributed by atoms with van der Waals surface area (Å²) in [5.74, 6) is -0.275. The predicted octanol–water partition coefficient (Wildman–Crippen LogP) is 5.92. The second-order valence-corrected chi connectivity index (χ2v) is 6.32. The fourth-order valence-electron chi connectivity index (χ4n) is 1.69. The van der Waals surface area contributed by atoms with Crippen LogP contribution in [0.4, 0.5) is 10.1 Å². The van der Waals surface area contributed by atoms with E-state index in [2.05, 4.69) is 37.2 Å². The zero-order valence-corrected chi connectivity index (χ0v) is 14.0. The van der Waals surface area contributed by atoms with Crippen LogP contribution in [-0.2, 0) is 6.54 Å². The van der Waals surface area contributed by atoms with Gasteiger partial charge in [0.15, 0.2) is 0 Å². The highest BCUT2D eigenvalue weighted by molar-refractivity contribution is 9.10. The Bertz CT molecular complexity index is 617. The average molecular weight is 408 g/mol. The lowest BCUT2D eigenvalue weighted by Crippen LogP contribution is -2.02. The van der Waals surface area contributed by atoms with Crippen LogP contribution in [0.5, 0.6) is 0 Å². The smallest absolute Gasteiger partial charge is 0.139 e. The summed E-state index contributed by atoms with van der Waals surface area (Å²) in [5.41, 5.74) is 2.83. The van der Waals surface area contributed by atoms with E-state index >= 15 is 0 Å². The molecule has 2 aromatic rings. The van der Waals surface area contributed by atoms with Gasteiger partial charge in [-0.1, -0.05) is 33.6 Å². The normalized spacial score (nSPS) is 10.6. The quantitative estimate of drug-likeness (QED) is 0.665. The van der Waals surface area contributed by atoms with Gasteiger partial charge >= 0.3 is 0 Å². The third-order valence-corrected chi connectivity index (χ3v) is 4.33. The summed E-state index contributed by atoms with van der Waals surface area (Å²) in [5, 5.41) is 3.91. The molecule has 1 nitrogen and oxygen atoms in total. The molecule has 0 atom stereocenters. The second-order valence-electron chi connectivity index (χ2n) is 4.17. The summed E-state index contributed by atoms with van der Waals surface area (Å²) in [6, 6.07) is 8.85. The summed E-state index contributed by atoms with van der Waals surface area (Å²) in [7, 11) is 0. The highest BCUT2D eigenvalue weighted by Gasteiger charge is 2.06. The van der Waals surface area contributed by atoms with Crippen molar-refractivity contribution in [2.75, 3.05) is 5.32 Å². The number of nitrogens with one attached hydrogen (secondary N) is 1. The molecule has 100 valence electrons. The molecule has 0 bridgehead atoms. The van der Waals surface area contributed by atoms with Crippen LogP contribution in [0.25, 0.3) is 0 Å². The van der Waals surface area contributed by atoms with Crippen molar-refractivity contribution in [1.82, 2.24) is 0 Å². The fourth-order valence-corrected chi connectivity index (χ4v) is 2.97. The van der Waals surface area contributed by atoms with E-state index in [-0.39, 0.29) is 5.82 Å². The minimum atomic E-state index is -0.275. The molecular formula is C14H11Br2ClFN. The SMILES string of the molecule is Cc1cc(Br)c(F)cc1NCc1ccc(Cl)cc1Br. The van der Waals surface area contributed by atoms with Crippen molar-refractivity contribution in [3.8, 4) is 0 Å². The Hall–Kier alpha value is -0.580. The van der Waals surface area contributed by atoms with Gasteiger partial charge in [-0.15, -0.1) is 0 Å². The molecule has 0 unspecified atom stereocenters. The summed E-state index contributed by atoms with van der Waals surface area (Å²) in [4.78, 5) is 0. The topological polar surface area (TPSA) is 12.0 Å². The largest absolute Gasteiger partial charge is 0.381 e. The molecule has 2 rings (SSSR count). The van der Waals surface area contributed by atoms with Gasteiger partial charge in [0.1, 0.15) is 5.82 Å². The Morgan fingerprint density at radius 1 is 1.16 bits per heavy atom. The van der Waals surface area contributed by atoms with Crippen LogP contribution in [0.15, 0.2) is 39.3 Å². The first kappa shape index (κ1) is 14.8. The molecule has 0 saturated carbocycles. The number of aryl methyl sites for hydroxylation is 1. The second kappa shape index (κ2) is 6.25. The molecule has 0 aromatic heterocycles. The minimum Gasteiger partial charge on any atom is -0.381 e. The van der Waals surface area contributed by atoms with Gasteiger partial charge in [-0.05, 0) is 58.2 Å². The molecule has 0 saturated heterocycles. The summed E-state index contributed by atoms with van der Waals surface area (Å²) in [6.45, 7) is 2.53. The van der Waals surface area contributed by atoms with Crippen LogP contribution in [0.1, 0.15) is 11.1 Å². The van der Waals surface area contributed by atoms with Crippen LogP contribution in [0.2, 0.25) is 5.02 Å². The number of benzene rings is 2.